The first kappa shape index (κ1) is 41.2. The molecular formula is C24H30Br4N4Pd2. The second kappa shape index (κ2) is 21.2. The van der Waals surface area contributed by atoms with Crippen LogP contribution in [-0.4, -0.2) is 22.4 Å². The molecule has 0 saturated carbocycles. The minimum atomic E-state index is 0. The van der Waals surface area contributed by atoms with E-state index in [0.717, 1.165) is 35.6 Å². The summed E-state index contributed by atoms with van der Waals surface area (Å²) in [6.07, 6.45) is 8.96. The number of aromatic nitrogens is 2. The molecule has 0 radical (unpaired) electrons. The van der Waals surface area contributed by atoms with Gasteiger partial charge in [-0.3, -0.25) is 20.0 Å². The quantitative estimate of drug-likeness (QED) is 0.187. The third kappa shape index (κ3) is 11.4. The van der Waals surface area contributed by atoms with E-state index >= 15 is 0 Å². The van der Waals surface area contributed by atoms with Crippen LogP contribution in [0.2, 0.25) is 0 Å². The Morgan fingerprint density at radius 1 is 0.588 bits per heavy atom. The Balaban J connectivity index is -0.000000750. The first-order valence-corrected chi connectivity index (χ1v) is 9.53. The van der Waals surface area contributed by atoms with Crippen LogP contribution in [0.1, 0.15) is 33.6 Å². The maximum Gasteiger partial charge on any atom is 0.0690 e. The van der Waals surface area contributed by atoms with Crippen molar-refractivity contribution in [3.8, 4) is 0 Å². The Morgan fingerprint density at radius 3 is 1.18 bits per heavy atom. The summed E-state index contributed by atoms with van der Waals surface area (Å²) >= 11 is 0. The average molecular weight is 907 g/mol. The first-order chi connectivity index (χ1) is 13.6. The number of hydrogen-bond donors (Lipinski definition) is 0. The van der Waals surface area contributed by atoms with Gasteiger partial charge in [0.15, 0.2) is 0 Å². The van der Waals surface area contributed by atoms with Crippen molar-refractivity contribution < 1.29 is 40.8 Å². The van der Waals surface area contributed by atoms with E-state index < -0.39 is 0 Å². The number of hydrogen-bond acceptors (Lipinski definition) is 4. The van der Waals surface area contributed by atoms with Gasteiger partial charge in [0, 0.05) is 89.9 Å². The second-order valence-electron chi connectivity index (χ2n) is 6.87. The molecule has 0 atom stereocenters. The van der Waals surface area contributed by atoms with Gasteiger partial charge < -0.3 is 0 Å². The molecule has 0 saturated heterocycles. The Labute approximate surface area is 272 Å². The molecule has 34 heavy (non-hydrogen) atoms. The number of nitrogens with zero attached hydrogens (tertiary/aromatic N) is 4. The summed E-state index contributed by atoms with van der Waals surface area (Å²) in [5.41, 5.74) is 8.80. The molecule has 4 nitrogen and oxygen atoms in total. The zero-order chi connectivity index (χ0) is 19.9. The smallest absolute Gasteiger partial charge is 0.0690 e. The summed E-state index contributed by atoms with van der Waals surface area (Å²) in [5.74, 6) is 0. The van der Waals surface area contributed by atoms with Crippen LogP contribution < -0.4 is 0 Å². The van der Waals surface area contributed by atoms with Gasteiger partial charge in [-0.15, -0.1) is 67.9 Å². The van der Waals surface area contributed by atoms with Gasteiger partial charge in [-0.1, -0.05) is 12.1 Å². The fourth-order valence-corrected chi connectivity index (χ4v) is 3.16. The minimum absolute atomic E-state index is 0. The molecule has 0 unspecified atom stereocenters. The summed E-state index contributed by atoms with van der Waals surface area (Å²) in [5, 5.41) is 0. The van der Waals surface area contributed by atoms with Gasteiger partial charge in [0.05, 0.1) is 11.4 Å². The van der Waals surface area contributed by atoms with Crippen LogP contribution in [0.3, 0.4) is 0 Å². The normalized spacial score (nSPS) is 9.53. The molecule has 2 heterocycles. The Kier molecular flexibility index (Phi) is 25.7. The molecule has 0 aliphatic rings. The largest absolute Gasteiger partial charge is 0.261 e. The summed E-state index contributed by atoms with van der Waals surface area (Å²) in [6, 6.07) is 11.9. The number of rotatable bonds is 6. The van der Waals surface area contributed by atoms with Crippen molar-refractivity contribution in [2.75, 3.05) is 0 Å². The molecule has 0 fully saturated rings. The summed E-state index contributed by atoms with van der Waals surface area (Å²) in [4.78, 5) is 18.2. The monoisotopic (exact) mass is 902 g/mol. The van der Waals surface area contributed by atoms with Crippen molar-refractivity contribution in [2.24, 2.45) is 9.98 Å². The second-order valence-corrected chi connectivity index (χ2v) is 6.87. The van der Waals surface area contributed by atoms with Crippen molar-refractivity contribution >= 4 is 91.7 Å². The van der Waals surface area contributed by atoms with E-state index in [1.54, 1.807) is 0 Å². The summed E-state index contributed by atoms with van der Waals surface area (Å²) in [6.45, 7) is 8.47. The third-order valence-electron chi connectivity index (χ3n) is 5.04. The third-order valence-corrected chi connectivity index (χ3v) is 5.04. The van der Waals surface area contributed by atoms with Gasteiger partial charge in [-0.25, -0.2) is 0 Å². The van der Waals surface area contributed by atoms with Crippen LogP contribution >= 0.6 is 67.9 Å². The zero-order valence-corrected chi connectivity index (χ0v) is 29.2. The predicted molar refractivity (Wildman–Crippen MR) is 159 cm³/mol. The molecule has 0 spiro atoms. The molecule has 194 valence electrons. The molecule has 0 N–H and O–H groups in total. The fourth-order valence-electron chi connectivity index (χ4n) is 3.16. The fraction of sp³-hybridized carbons (Fsp3) is 0.250. The predicted octanol–water partition coefficient (Wildman–Crippen LogP) is 7.91. The van der Waals surface area contributed by atoms with Gasteiger partial charge in [-0.05, 0) is 74.2 Å². The molecule has 0 bridgehead atoms. The molecule has 10 heteroatoms. The average Bonchev–Trinajstić information content (AvgIpc) is 2.73. The van der Waals surface area contributed by atoms with Crippen LogP contribution in [0.5, 0.6) is 0 Å². The van der Waals surface area contributed by atoms with Crippen molar-refractivity contribution in [3.63, 3.8) is 0 Å². The maximum absolute atomic E-state index is 4.76. The Bertz CT molecular complexity index is 907. The van der Waals surface area contributed by atoms with E-state index in [-0.39, 0.29) is 109 Å². The van der Waals surface area contributed by atoms with Crippen LogP contribution in [0.25, 0.3) is 0 Å². The van der Waals surface area contributed by atoms with Gasteiger partial charge in [-0.2, -0.15) is 0 Å². The van der Waals surface area contributed by atoms with Gasteiger partial charge in [0.25, 0.3) is 0 Å². The summed E-state index contributed by atoms with van der Waals surface area (Å²) in [7, 11) is 0. The van der Waals surface area contributed by atoms with E-state index in [2.05, 4.69) is 37.7 Å². The molecular weight excluding hydrogens is 877 g/mol. The van der Waals surface area contributed by atoms with Crippen LogP contribution in [0.15, 0.2) is 58.8 Å². The molecule has 0 aliphatic carbocycles. The summed E-state index contributed by atoms with van der Waals surface area (Å²) < 4.78 is 0. The van der Waals surface area contributed by atoms with Crippen molar-refractivity contribution in [1.29, 1.82) is 0 Å². The number of benzene rings is 1. The first-order valence-electron chi connectivity index (χ1n) is 9.53. The van der Waals surface area contributed by atoms with E-state index in [4.69, 9.17) is 9.98 Å². The molecule has 3 rings (SSSR count). The van der Waals surface area contributed by atoms with Crippen molar-refractivity contribution in [2.45, 2.75) is 40.5 Å². The number of pyridine rings is 2. The van der Waals surface area contributed by atoms with Gasteiger partial charge in [0.2, 0.25) is 0 Å². The van der Waals surface area contributed by atoms with Crippen molar-refractivity contribution in [3.05, 3.63) is 82.4 Å². The number of halogens is 4. The minimum Gasteiger partial charge on any atom is -0.261 e. The Hall–Kier alpha value is 0.105. The molecule has 0 aliphatic heterocycles. The van der Waals surface area contributed by atoms with E-state index in [1.807, 2.05) is 61.2 Å². The number of aliphatic imine (C=N–C) groups is 2. The van der Waals surface area contributed by atoms with E-state index in [9.17, 15) is 0 Å². The van der Waals surface area contributed by atoms with Crippen LogP contribution in [-0.2, 0) is 53.7 Å². The SMILES string of the molecule is Br.Br.Br.Br.Cc1c(C)c(N=CCc2ccccn2)c(C)c(C)c1N=CCc1ccccn1.[Pd].[Pd]. The van der Waals surface area contributed by atoms with Crippen LogP contribution in [0.4, 0.5) is 11.4 Å². The van der Waals surface area contributed by atoms with E-state index in [0.29, 0.717) is 0 Å². The van der Waals surface area contributed by atoms with Gasteiger partial charge in [0.1, 0.15) is 0 Å². The molecule has 1 aromatic carbocycles. The molecule has 3 aromatic rings. The van der Waals surface area contributed by atoms with Crippen molar-refractivity contribution in [1.82, 2.24) is 9.97 Å². The Morgan fingerprint density at radius 2 is 0.912 bits per heavy atom. The molecule has 2 aromatic heterocycles. The maximum atomic E-state index is 4.76. The van der Waals surface area contributed by atoms with E-state index in [1.165, 1.54) is 22.3 Å². The van der Waals surface area contributed by atoms with Gasteiger partial charge >= 0.3 is 0 Å². The zero-order valence-electron chi connectivity index (χ0n) is 19.2. The topological polar surface area (TPSA) is 50.5 Å². The molecule has 0 amide bonds. The van der Waals surface area contributed by atoms with Crippen LogP contribution in [0, 0.1) is 27.7 Å². The standard InChI is InChI=1S/C24H26N4.4BrH.2Pd/c1-17-18(2)24(28-16-12-22-10-6-8-14-26-22)20(4)19(3)23(17)27-15-11-21-9-5-7-13-25-21;;;;;;/h5-10,13-16H,11-12H2,1-4H3;4*1H;;.